The van der Waals surface area contributed by atoms with Gasteiger partial charge in [-0.15, -0.1) is 11.3 Å². The van der Waals surface area contributed by atoms with Crippen molar-refractivity contribution in [2.45, 2.75) is 6.04 Å². The summed E-state index contributed by atoms with van der Waals surface area (Å²) < 4.78 is 7.10. The van der Waals surface area contributed by atoms with Crippen LogP contribution in [0.15, 0.2) is 54.2 Å². The van der Waals surface area contributed by atoms with Crippen LogP contribution in [-0.4, -0.2) is 22.6 Å². The van der Waals surface area contributed by atoms with Crippen molar-refractivity contribution in [3.8, 4) is 5.75 Å². The number of rotatable bonds is 5. The number of amides is 1. The van der Waals surface area contributed by atoms with E-state index in [1.165, 1.54) is 11.3 Å². The van der Waals surface area contributed by atoms with E-state index in [9.17, 15) is 4.79 Å². The van der Waals surface area contributed by atoms with Gasteiger partial charge in [0.2, 0.25) is 0 Å². The Labute approximate surface area is 138 Å². The topological polar surface area (TPSA) is 56.1 Å². The van der Waals surface area contributed by atoms with E-state index in [-0.39, 0.29) is 11.9 Å². The number of aryl methyl sites for hydroxylation is 1. The Morgan fingerprint density at radius 2 is 2.09 bits per heavy atom. The number of thiophene rings is 1. The molecule has 0 saturated carbocycles. The van der Waals surface area contributed by atoms with Gasteiger partial charge < -0.3 is 14.6 Å². The molecule has 23 heavy (non-hydrogen) atoms. The third-order valence-corrected chi connectivity index (χ3v) is 4.45. The van der Waals surface area contributed by atoms with E-state index in [0.29, 0.717) is 4.88 Å². The van der Waals surface area contributed by atoms with Crippen LogP contribution in [0.3, 0.4) is 0 Å². The maximum atomic E-state index is 12.5. The second-order valence-corrected chi connectivity index (χ2v) is 6.00. The van der Waals surface area contributed by atoms with Crippen molar-refractivity contribution in [1.29, 1.82) is 0 Å². The first kappa shape index (κ1) is 15.3. The van der Waals surface area contributed by atoms with Crippen molar-refractivity contribution in [3.05, 3.63) is 70.4 Å². The maximum Gasteiger partial charge on any atom is 0.262 e. The Balaban J connectivity index is 1.93. The highest BCUT2D eigenvalue weighted by atomic mass is 32.1. The second-order valence-electron chi connectivity index (χ2n) is 5.05. The van der Waals surface area contributed by atoms with Crippen LogP contribution in [0, 0.1) is 0 Å². The van der Waals surface area contributed by atoms with E-state index in [1.807, 2.05) is 59.6 Å². The summed E-state index contributed by atoms with van der Waals surface area (Å²) in [4.78, 5) is 17.5. The lowest BCUT2D eigenvalue weighted by Gasteiger charge is -2.19. The average Bonchev–Trinajstić information content (AvgIpc) is 3.24. The molecular weight excluding hydrogens is 310 g/mol. The number of hydrogen-bond acceptors (Lipinski definition) is 4. The van der Waals surface area contributed by atoms with Gasteiger partial charge in [-0.2, -0.15) is 0 Å². The van der Waals surface area contributed by atoms with E-state index in [0.717, 1.165) is 17.1 Å². The minimum Gasteiger partial charge on any atom is -0.497 e. The Hall–Kier alpha value is -2.60. The monoisotopic (exact) mass is 327 g/mol. The molecule has 3 rings (SSSR count). The molecule has 1 N–H and O–H groups in total. The highest BCUT2D eigenvalue weighted by Gasteiger charge is 2.21. The Kier molecular flexibility index (Phi) is 4.43. The highest BCUT2D eigenvalue weighted by molar-refractivity contribution is 7.12. The zero-order chi connectivity index (χ0) is 16.2. The molecule has 1 atom stereocenters. The van der Waals surface area contributed by atoms with Gasteiger partial charge in [-0.25, -0.2) is 4.98 Å². The fourth-order valence-electron chi connectivity index (χ4n) is 2.36. The molecule has 0 bridgehead atoms. The van der Waals surface area contributed by atoms with Crippen LogP contribution in [0.2, 0.25) is 0 Å². The molecule has 0 fully saturated rings. The van der Waals surface area contributed by atoms with Crippen LogP contribution >= 0.6 is 11.3 Å². The Morgan fingerprint density at radius 1 is 1.30 bits per heavy atom. The van der Waals surface area contributed by atoms with E-state index < -0.39 is 0 Å². The molecule has 3 aromatic rings. The highest BCUT2D eigenvalue weighted by Crippen LogP contribution is 2.24. The van der Waals surface area contributed by atoms with Crippen LogP contribution in [0.5, 0.6) is 5.75 Å². The summed E-state index contributed by atoms with van der Waals surface area (Å²) >= 11 is 1.42. The number of carbonyl (C=O) groups excluding carboxylic acids is 1. The summed E-state index contributed by atoms with van der Waals surface area (Å²) in [6.07, 6.45) is 3.59. The number of nitrogens with one attached hydrogen (secondary N) is 1. The second kappa shape index (κ2) is 6.66. The van der Waals surface area contributed by atoms with Gasteiger partial charge in [0.25, 0.3) is 5.91 Å². The lowest BCUT2D eigenvalue weighted by molar-refractivity contribution is 0.0945. The predicted octanol–water partition coefficient (Wildman–Crippen LogP) is 3.01. The molecule has 5 nitrogen and oxygen atoms in total. The van der Waals surface area contributed by atoms with Gasteiger partial charge >= 0.3 is 0 Å². The number of hydrogen-bond donors (Lipinski definition) is 1. The molecule has 6 heteroatoms. The van der Waals surface area contributed by atoms with E-state index >= 15 is 0 Å². The van der Waals surface area contributed by atoms with Crippen molar-refractivity contribution in [2.75, 3.05) is 7.11 Å². The van der Waals surface area contributed by atoms with Crippen molar-refractivity contribution < 1.29 is 9.53 Å². The number of imidazole rings is 1. The van der Waals surface area contributed by atoms with Crippen molar-refractivity contribution in [3.63, 3.8) is 0 Å². The summed E-state index contributed by atoms with van der Waals surface area (Å²) in [5.74, 6) is 1.45. The SMILES string of the molecule is COc1ccc([C@@H](NC(=O)c2cccs2)c2nccn2C)cc1. The van der Waals surface area contributed by atoms with Gasteiger partial charge in [0.05, 0.1) is 12.0 Å². The van der Waals surface area contributed by atoms with E-state index in [2.05, 4.69) is 10.3 Å². The standard InChI is InChI=1S/C17H17N3O2S/c1-20-10-9-18-16(20)15(12-5-7-13(22-2)8-6-12)19-17(21)14-4-3-11-23-14/h3-11,15H,1-2H3,(H,19,21)/t15-/m1/s1. The van der Waals surface area contributed by atoms with Gasteiger partial charge in [-0.3, -0.25) is 4.79 Å². The fraction of sp³-hybridized carbons (Fsp3) is 0.176. The molecule has 2 heterocycles. The first-order valence-electron chi connectivity index (χ1n) is 7.14. The third-order valence-electron chi connectivity index (χ3n) is 3.59. The number of carbonyl (C=O) groups is 1. The lowest BCUT2D eigenvalue weighted by atomic mass is 10.1. The molecule has 0 spiro atoms. The van der Waals surface area contributed by atoms with Crippen LogP contribution < -0.4 is 10.1 Å². The molecule has 2 aromatic heterocycles. The van der Waals surface area contributed by atoms with E-state index in [1.54, 1.807) is 13.3 Å². The van der Waals surface area contributed by atoms with Gasteiger partial charge in [-0.1, -0.05) is 18.2 Å². The van der Waals surface area contributed by atoms with Crippen LogP contribution in [0.1, 0.15) is 27.1 Å². The number of benzene rings is 1. The van der Waals surface area contributed by atoms with Crippen LogP contribution in [0.4, 0.5) is 0 Å². The first-order valence-corrected chi connectivity index (χ1v) is 8.02. The van der Waals surface area contributed by atoms with Crippen LogP contribution in [0.25, 0.3) is 0 Å². The quantitative estimate of drug-likeness (QED) is 0.784. The molecule has 0 unspecified atom stereocenters. The zero-order valence-corrected chi connectivity index (χ0v) is 13.7. The number of ether oxygens (including phenoxy) is 1. The summed E-state index contributed by atoms with van der Waals surface area (Å²) in [6.45, 7) is 0. The fourth-order valence-corrected chi connectivity index (χ4v) is 2.99. The molecule has 1 amide bonds. The van der Waals surface area contributed by atoms with Gasteiger partial charge in [-0.05, 0) is 29.1 Å². The molecule has 1 aromatic carbocycles. The molecule has 0 aliphatic heterocycles. The Morgan fingerprint density at radius 3 is 2.65 bits per heavy atom. The third kappa shape index (κ3) is 3.27. The molecule has 0 aliphatic rings. The molecule has 0 aliphatic carbocycles. The molecule has 0 saturated heterocycles. The summed E-state index contributed by atoms with van der Waals surface area (Å²) in [7, 11) is 3.54. The number of methoxy groups -OCH3 is 1. The van der Waals surface area contributed by atoms with Crippen molar-refractivity contribution in [2.24, 2.45) is 7.05 Å². The summed E-state index contributed by atoms with van der Waals surface area (Å²) in [6, 6.07) is 11.0. The maximum absolute atomic E-state index is 12.5. The normalized spacial score (nSPS) is 11.9. The molecular formula is C17H17N3O2S. The molecule has 0 radical (unpaired) electrons. The minimum absolute atomic E-state index is 0.108. The first-order chi connectivity index (χ1) is 11.2. The minimum atomic E-state index is -0.324. The van der Waals surface area contributed by atoms with Gasteiger partial charge in [0, 0.05) is 19.4 Å². The average molecular weight is 327 g/mol. The largest absolute Gasteiger partial charge is 0.497 e. The predicted molar refractivity (Wildman–Crippen MR) is 89.8 cm³/mol. The van der Waals surface area contributed by atoms with Crippen molar-refractivity contribution >= 4 is 17.2 Å². The summed E-state index contributed by atoms with van der Waals surface area (Å²) in [5, 5.41) is 4.95. The van der Waals surface area contributed by atoms with E-state index in [4.69, 9.17) is 4.74 Å². The van der Waals surface area contributed by atoms with Crippen molar-refractivity contribution in [1.82, 2.24) is 14.9 Å². The summed E-state index contributed by atoms with van der Waals surface area (Å²) in [5.41, 5.74) is 0.949. The van der Waals surface area contributed by atoms with Gasteiger partial charge in [0.15, 0.2) is 0 Å². The smallest absolute Gasteiger partial charge is 0.262 e. The number of nitrogens with zero attached hydrogens (tertiary/aromatic N) is 2. The molecule has 118 valence electrons. The lowest BCUT2D eigenvalue weighted by Crippen LogP contribution is -2.30. The van der Waals surface area contributed by atoms with Crippen LogP contribution in [-0.2, 0) is 7.05 Å². The Bertz CT molecular complexity index is 779. The van der Waals surface area contributed by atoms with Gasteiger partial charge in [0.1, 0.15) is 17.6 Å². The zero-order valence-electron chi connectivity index (χ0n) is 12.9. The number of aromatic nitrogens is 2.